The minimum absolute atomic E-state index is 0.0885. The summed E-state index contributed by atoms with van der Waals surface area (Å²) in [7, 11) is 1.56. The van der Waals surface area contributed by atoms with Gasteiger partial charge in [-0.1, -0.05) is 22.8 Å². The second-order valence-electron chi connectivity index (χ2n) is 4.54. The van der Waals surface area contributed by atoms with E-state index in [2.05, 4.69) is 15.5 Å². The molecule has 0 saturated carbocycles. The number of thiophene rings is 1. The molecule has 3 aromatic rings. The zero-order valence-corrected chi connectivity index (χ0v) is 13.6. The van der Waals surface area contributed by atoms with Crippen molar-refractivity contribution in [2.45, 2.75) is 6.54 Å². The lowest BCUT2D eigenvalue weighted by Gasteiger charge is -2.09. The molecular formula is C15H12ClN3O3S. The van der Waals surface area contributed by atoms with Crippen LogP contribution in [-0.2, 0) is 6.54 Å². The second kappa shape index (κ2) is 6.80. The lowest BCUT2D eigenvalue weighted by Crippen LogP contribution is -2.23. The summed E-state index contributed by atoms with van der Waals surface area (Å²) >= 11 is 7.43. The Morgan fingerprint density at radius 3 is 3.04 bits per heavy atom. The fourth-order valence-corrected chi connectivity index (χ4v) is 2.80. The summed E-state index contributed by atoms with van der Waals surface area (Å²) in [4.78, 5) is 17.0. The Bertz CT molecular complexity index is 817. The van der Waals surface area contributed by atoms with Crippen LogP contribution in [0.15, 0.2) is 40.2 Å². The smallest absolute Gasteiger partial charge is 0.316 e. The van der Waals surface area contributed by atoms with E-state index in [-0.39, 0.29) is 12.4 Å². The van der Waals surface area contributed by atoms with E-state index in [1.807, 2.05) is 17.5 Å². The Balaban J connectivity index is 1.69. The molecule has 118 valence electrons. The summed E-state index contributed by atoms with van der Waals surface area (Å²) in [6.45, 7) is 0.235. The van der Waals surface area contributed by atoms with Crippen LogP contribution in [0.2, 0.25) is 5.02 Å². The van der Waals surface area contributed by atoms with Crippen LogP contribution in [0.25, 0.3) is 10.7 Å². The maximum atomic E-state index is 12.1. The predicted molar refractivity (Wildman–Crippen MR) is 86.8 cm³/mol. The highest BCUT2D eigenvalue weighted by Gasteiger charge is 2.17. The average Bonchev–Trinajstić information content (AvgIpc) is 3.23. The predicted octanol–water partition coefficient (Wildman–Crippen LogP) is 3.39. The number of benzene rings is 1. The minimum atomic E-state index is -0.456. The molecule has 2 heterocycles. The average molecular weight is 350 g/mol. The van der Waals surface area contributed by atoms with Crippen LogP contribution in [0.3, 0.4) is 0 Å². The molecular weight excluding hydrogens is 338 g/mol. The van der Waals surface area contributed by atoms with Crippen molar-refractivity contribution in [2.75, 3.05) is 7.11 Å². The SMILES string of the molecule is COc1ccc(Cl)cc1CNC(=O)c1nc(-c2cccs2)no1. The van der Waals surface area contributed by atoms with Crippen molar-refractivity contribution in [1.29, 1.82) is 0 Å². The van der Waals surface area contributed by atoms with E-state index in [4.69, 9.17) is 20.9 Å². The molecule has 0 atom stereocenters. The summed E-state index contributed by atoms with van der Waals surface area (Å²) < 4.78 is 10.2. The van der Waals surface area contributed by atoms with Crippen molar-refractivity contribution >= 4 is 28.8 Å². The quantitative estimate of drug-likeness (QED) is 0.764. The Morgan fingerprint density at radius 2 is 2.30 bits per heavy atom. The third-order valence-electron chi connectivity index (χ3n) is 3.04. The number of carbonyl (C=O) groups excluding carboxylic acids is 1. The van der Waals surface area contributed by atoms with Crippen LogP contribution < -0.4 is 10.1 Å². The number of rotatable bonds is 5. The Labute approximate surface area is 141 Å². The van der Waals surface area contributed by atoms with Gasteiger partial charge in [-0.25, -0.2) is 0 Å². The summed E-state index contributed by atoms with van der Waals surface area (Å²) in [5, 5.41) is 8.97. The normalized spacial score (nSPS) is 10.5. The molecule has 0 aliphatic rings. The van der Waals surface area contributed by atoms with Gasteiger partial charge in [0.05, 0.1) is 12.0 Å². The van der Waals surface area contributed by atoms with Crippen molar-refractivity contribution in [3.8, 4) is 16.5 Å². The highest BCUT2D eigenvalue weighted by molar-refractivity contribution is 7.13. The number of methoxy groups -OCH3 is 1. The molecule has 0 bridgehead atoms. The maximum Gasteiger partial charge on any atom is 0.316 e. The summed E-state index contributed by atoms with van der Waals surface area (Å²) in [5.74, 6) is 0.488. The summed E-state index contributed by atoms with van der Waals surface area (Å²) in [5.41, 5.74) is 0.756. The number of aromatic nitrogens is 2. The van der Waals surface area contributed by atoms with E-state index in [0.29, 0.717) is 16.6 Å². The second-order valence-corrected chi connectivity index (χ2v) is 5.92. The van der Waals surface area contributed by atoms with Gasteiger partial charge in [-0.3, -0.25) is 4.79 Å². The zero-order valence-electron chi connectivity index (χ0n) is 12.1. The van der Waals surface area contributed by atoms with Crippen molar-refractivity contribution in [1.82, 2.24) is 15.5 Å². The van der Waals surface area contributed by atoms with Crippen LogP contribution in [0, 0.1) is 0 Å². The van der Waals surface area contributed by atoms with E-state index in [1.165, 1.54) is 11.3 Å². The zero-order chi connectivity index (χ0) is 16.2. The van der Waals surface area contributed by atoms with E-state index in [9.17, 15) is 4.79 Å². The molecule has 2 aromatic heterocycles. The van der Waals surface area contributed by atoms with Gasteiger partial charge < -0.3 is 14.6 Å². The Hall–Kier alpha value is -2.38. The molecule has 0 aliphatic heterocycles. The van der Waals surface area contributed by atoms with E-state index in [0.717, 1.165) is 10.4 Å². The molecule has 6 nitrogen and oxygen atoms in total. The number of ether oxygens (including phenoxy) is 1. The van der Waals surface area contributed by atoms with Gasteiger partial charge in [-0.2, -0.15) is 4.98 Å². The first kappa shape index (κ1) is 15.5. The number of amides is 1. The van der Waals surface area contributed by atoms with Gasteiger partial charge in [0.15, 0.2) is 0 Å². The third-order valence-corrected chi connectivity index (χ3v) is 4.14. The summed E-state index contributed by atoms with van der Waals surface area (Å²) in [6, 6.07) is 8.92. The van der Waals surface area contributed by atoms with Gasteiger partial charge in [0.2, 0.25) is 5.82 Å². The van der Waals surface area contributed by atoms with E-state index in [1.54, 1.807) is 25.3 Å². The van der Waals surface area contributed by atoms with E-state index < -0.39 is 5.91 Å². The van der Waals surface area contributed by atoms with Gasteiger partial charge in [-0.05, 0) is 29.6 Å². The third kappa shape index (κ3) is 3.52. The molecule has 0 saturated heterocycles. The lowest BCUT2D eigenvalue weighted by atomic mass is 10.2. The highest BCUT2D eigenvalue weighted by atomic mass is 35.5. The number of carbonyl (C=O) groups is 1. The monoisotopic (exact) mass is 349 g/mol. The number of halogens is 1. The molecule has 0 unspecified atom stereocenters. The van der Waals surface area contributed by atoms with Crippen LogP contribution >= 0.6 is 22.9 Å². The standard InChI is InChI=1S/C15H12ClN3O3S/c1-21-11-5-4-10(16)7-9(11)8-17-14(20)15-18-13(19-22-15)12-3-2-6-23-12/h2-7H,8H2,1H3,(H,17,20). The molecule has 3 rings (SSSR count). The number of nitrogens with one attached hydrogen (secondary N) is 1. The molecule has 0 fully saturated rings. The molecule has 23 heavy (non-hydrogen) atoms. The molecule has 1 aromatic carbocycles. The van der Waals surface area contributed by atoms with Crippen molar-refractivity contribution in [3.05, 3.63) is 52.2 Å². The van der Waals surface area contributed by atoms with Crippen LogP contribution in [0.1, 0.15) is 16.2 Å². The largest absolute Gasteiger partial charge is 0.496 e. The number of hydrogen-bond acceptors (Lipinski definition) is 6. The first-order valence-electron chi connectivity index (χ1n) is 6.65. The molecule has 8 heteroatoms. The van der Waals surface area contributed by atoms with Crippen LogP contribution in [0.4, 0.5) is 0 Å². The summed E-state index contributed by atoms with van der Waals surface area (Å²) in [6.07, 6.45) is 0. The maximum absolute atomic E-state index is 12.1. The van der Waals surface area contributed by atoms with Gasteiger partial charge in [-0.15, -0.1) is 11.3 Å². The van der Waals surface area contributed by atoms with Crippen LogP contribution in [0.5, 0.6) is 5.75 Å². The fourth-order valence-electron chi connectivity index (χ4n) is 1.96. The molecule has 0 radical (unpaired) electrons. The van der Waals surface area contributed by atoms with E-state index >= 15 is 0 Å². The van der Waals surface area contributed by atoms with Crippen molar-refractivity contribution in [3.63, 3.8) is 0 Å². The topological polar surface area (TPSA) is 77.2 Å². The van der Waals surface area contributed by atoms with Gasteiger partial charge in [0, 0.05) is 17.1 Å². The molecule has 0 spiro atoms. The fraction of sp³-hybridized carbons (Fsp3) is 0.133. The molecule has 0 aliphatic carbocycles. The van der Waals surface area contributed by atoms with Gasteiger partial charge in [0.25, 0.3) is 0 Å². The first-order valence-corrected chi connectivity index (χ1v) is 7.91. The van der Waals surface area contributed by atoms with Gasteiger partial charge in [0.1, 0.15) is 5.75 Å². The van der Waals surface area contributed by atoms with Gasteiger partial charge >= 0.3 is 11.8 Å². The highest BCUT2D eigenvalue weighted by Crippen LogP contribution is 2.23. The molecule has 1 amide bonds. The molecule has 1 N–H and O–H groups in total. The Kier molecular flexibility index (Phi) is 4.59. The number of hydrogen-bond donors (Lipinski definition) is 1. The minimum Gasteiger partial charge on any atom is -0.496 e. The Morgan fingerprint density at radius 1 is 1.43 bits per heavy atom. The lowest BCUT2D eigenvalue weighted by molar-refractivity contribution is 0.0906. The first-order chi connectivity index (χ1) is 11.2. The number of nitrogens with zero attached hydrogens (tertiary/aromatic N) is 2. The van der Waals surface area contributed by atoms with Crippen molar-refractivity contribution in [2.24, 2.45) is 0 Å². The van der Waals surface area contributed by atoms with Crippen LogP contribution in [-0.4, -0.2) is 23.2 Å². The van der Waals surface area contributed by atoms with Crippen molar-refractivity contribution < 1.29 is 14.1 Å².